The minimum absolute atomic E-state index is 0.306. The molecule has 30 heavy (non-hydrogen) atoms. The standard InChI is InChI=1S/C19H20BrN5O4S/c1-28-16-10-6-9-15(17(16)29-2)23-19-21-11-12(20)18(24-19)22-13-7-4-5-8-14(13)25-30(3,26)27/h4-11,25H,1-3H3,(H2,21,22,23,24). The molecule has 0 aliphatic heterocycles. The molecule has 0 aliphatic rings. The summed E-state index contributed by atoms with van der Waals surface area (Å²) >= 11 is 3.41. The Balaban J connectivity index is 1.91. The number of aromatic nitrogens is 2. The van der Waals surface area contributed by atoms with E-state index in [1.54, 1.807) is 50.7 Å². The van der Waals surface area contributed by atoms with Crippen molar-refractivity contribution in [1.29, 1.82) is 0 Å². The molecule has 0 saturated heterocycles. The number of ether oxygens (including phenoxy) is 2. The van der Waals surface area contributed by atoms with Crippen LogP contribution in [0.5, 0.6) is 11.5 Å². The molecule has 1 aromatic heterocycles. The molecule has 0 atom stereocenters. The first-order valence-corrected chi connectivity index (χ1v) is 11.3. The largest absolute Gasteiger partial charge is 0.493 e. The Labute approximate surface area is 183 Å². The van der Waals surface area contributed by atoms with Crippen LogP contribution in [0.3, 0.4) is 0 Å². The van der Waals surface area contributed by atoms with Crippen LogP contribution in [0.2, 0.25) is 0 Å². The fourth-order valence-electron chi connectivity index (χ4n) is 2.63. The highest BCUT2D eigenvalue weighted by Gasteiger charge is 2.13. The van der Waals surface area contributed by atoms with Crippen LogP contribution in [-0.4, -0.2) is 38.9 Å². The SMILES string of the molecule is COc1cccc(Nc2ncc(Br)c(Nc3ccccc3NS(C)(=O)=O)n2)c1OC. The summed E-state index contributed by atoms with van der Waals surface area (Å²) in [5.41, 5.74) is 1.56. The van der Waals surface area contributed by atoms with Gasteiger partial charge in [-0.15, -0.1) is 0 Å². The summed E-state index contributed by atoms with van der Waals surface area (Å²) in [4.78, 5) is 8.75. The Morgan fingerprint density at radius 2 is 1.63 bits per heavy atom. The number of sulfonamides is 1. The molecule has 3 rings (SSSR count). The molecule has 0 unspecified atom stereocenters. The van der Waals surface area contributed by atoms with Gasteiger partial charge in [0.15, 0.2) is 11.5 Å². The van der Waals surface area contributed by atoms with Crippen molar-refractivity contribution in [3.05, 3.63) is 53.1 Å². The van der Waals surface area contributed by atoms with E-state index in [2.05, 4.69) is 41.3 Å². The predicted molar refractivity (Wildman–Crippen MR) is 121 cm³/mol. The topological polar surface area (TPSA) is 114 Å². The van der Waals surface area contributed by atoms with Gasteiger partial charge >= 0.3 is 0 Å². The van der Waals surface area contributed by atoms with Crippen molar-refractivity contribution in [2.75, 3.05) is 35.8 Å². The summed E-state index contributed by atoms with van der Waals surface area (Å²) in [6.45, 7) is 0. The summed E-state index contributed by atoms with van der Waals surface area (Å²) < 4.78 is 37.1. The Kier molecular flexibility index (Phi) is 6.63. The monoisotopic (exact) mass is 493 g/mol. The molecule has 0 bridgehead atoms. The van der Waals surface area contributed by atoms with Gasteiger partial charge in [0, 0.05) is 6.20 Å². The summed E-state index contributed by atoms with van der Waals surface area (Å²) in [6.07, 6.45) is 2.67. The van der Waals surface area contributed by atoms with Crippen LogP contribution in [0.15, 0.2) is 53.1 Å². The fourth-order valence-corrected chi connectivity index (χ4v) is 3.50. The van der Waals surface area contributed by atoms with E-state index in [1.807, 2.05) is 12.1 Å². The van der Waals surface area contributed by atoms with Crippen LogP contribution in [0.25, 0.3) is 0 Å². The zero-order valence-corrected chi connectivity index (χ0v) is 18.8. The summed E-state index contributed by atoms with van der Waals surface area (Å²) in [6, 6.07) is 12.3. The number of halogens is 1. The lowest BCUT2D eigenvalue weighted by Crippen LogP contribution is -2.11. The number of nitrogens with one attached hydrogen (secondary N) is 3. The number of hydrogen-bond acceptors (Lipinski definition) is 8. The number of nitrogens with zero attached hydrogens (tertiary/aromatic N) is 2. The lowest BCUT2D eigenvalue weighted by Gasteiger charge is -2.15. The molecule has 3 aromatic rings. The van der Waals surface area contributed by atoms with Crippen molar-refractivity contribution < 1.29 is 17.9 Å². The summed E-state index contributed by atoms with van der Waals surface area (Å²) in [5.74, 6) is 1.83. The van der Waals surface area contributed by atoms with E-state index in [-0.39, 0.29) is 0 Å². The van der Waals surface area contributed by atoms with E-state index >= 15 is 0 Å². The normalized spacial score (nSPS) is 10.9. The van der Waals surface area contributed by atoms with Gasteiger partial charge in [0.25, 0.3) is 0 Å². The molecule has 3 N–H and O–H groups in total. The second-order valence-electron chi connectivity index (χ2n) is 6.10. The van der Waals surface area contributed by atoms with Crippen molar-refractivity contribution in [1.82, 2.24) is 9.97 Å². The van der Waals surface area contributed by atoms with Crippen LogP contribution in [0, 0.1) is 0 Å². The van der Waals surface area contributed by atoms with Gasteiger partial charge in [0.2, 0.25) is 16.0 Å². The molecule has 0 aliphatic carbocycles. The molecule has 0 spiro atoms. The van der Waals surface area contributed by atoms with Gasteiger partial charge in [-0.2, -0.15) is 4.98 Å². The van der Waals surface area contributed by atoms with Gasteiger partial charge in [-0.25, -0.2) is 13.4 Å². The second-order valence-corrected chi connectivity index (χ2v) is 8.70. The number of benzene rings is 2. The van der Waals surface area contributed by atoms with Crippen LogP contribution in [0.1, 0.15) is 0 Å². The number of para-hydroxylation sites is 3. The molecule has 2 aromatic carbocycles. The van der Waals surface area contributed by atoms with Crippen molar-refractivity contribution in [2.45, 2.75) is 0 Å². The smallest absolute Gasteiger partial charge is 0.229 e. The third kappa shape index (κ3) is 5.30. The summed E-state index contributed by atoms with van der Waals surface area (Å²) in [5, 5.41) is 6.22. The van der Waals surface area contributed by atoms with Crippen LogP contribution in [-0.2, 0) is 10.0 Å². The minimum Gasteiger partial charge on any atom is -0.493 e. The van der Waals surface area contributed by atoms with Gasteiger partial charge in [-0.1, -0.05) is 18.2 Å². The number of hydrogen-bond donors (Lipinski definition) is 3. The van der Waals surface area contributed by atoms with E-state index in [1.165, 1.54) is 0 Å². The van der Waals surface area contributed by atoms with Gasteiger partial charge in [-0.05, 0) is 40.2 Å². The van der Waals surface area contributed by atoms with E-state index in [0.29, 0.717) is 44.8 Å². The van der Waals surface area contributed by atoms with Gasteiger partial charge < -0.3 is 20.1 Å². The zero-order valence-electron chi connectivity index (χ0n) is 16.4. The molecule has 0 saturated carbocycles. The van der Waals surface area contributed by atoms with Gasteiger partial charge in [0.05, 0.1) is 42.0 Å². The van der Waals surface area contributed by atoms with Crippen LogP contribution < -0.4 is 24.8 Å². The molecule has 9 nitrogen and oxygen atoms in total. The Bertz CT molecular complexity index is 1160. The fraction of sp³-hybridized carbons (Fsp3) is 0.158. The first-order chi connectivity index (χ1) is 14.3. The first-order valence-electron chi connectivity index (χ1n) is 8.65. The van der Waals surface area contributed by atoms with Gasteiger partial charge in [0.1, 0.15) is 5.82 Å². The van der Waals surface area contributed by atoms with Crippen LogP contribution >= 0.6 is 15.9 Å². The molecule has 0 fully saturated rings. The van der Waals surface area contributed by atoms with E-state index < -0.39 is 10.0 Å². The van der Waals surface area contributed by atoms with Crippen LogP contribution in [0.4, 0.5) is 28.8 Å². The molecular formula is C19H20BrN5O4S. The molecule has 1 heterocycles. The Morgan fingerprint density at radius 3 is 2.30 bits per heavy atom. The average molecular weight is 494 g/mol. The Morgan fingerprint density at radius 1 is 0.933 bits per heavy atom. The van der Waals surface area contributed by atoms with E-state index in [4.69, 9.17) is 9.47 Å². The average Bonchev–Trinajstić information content (AvgIpc) is 2.70. The van der Waals surface area contributed by atoms with Crippen molar-refractivity contribution in [3.8, 4) is 11.5 Å². The number of methoxy groups -OCH3 is 2. The number of rotatable bonds is 8. The maximum Gasteiger partial charge on any atom is 0.229 e. The highest BCUT2D eigenvalue weighted by Crippen LogP contribution is 2.36. The maximum atomic E-state index is 11.6. The molecule has 158 valence electrons. The quantitative estimate of drug-likeness (QED) is 0.429. The molecular weight excluding hydrogens is 474 g/mol. The molecule has 0 amide bonds. The van der Waals surface area contributed by atoms with E-state index in [0.717, 1.165) is 6.26 Å². The van der Waals surface area contributed by atoms with Crippen molar-refractivity contribution >= 4 is 54.8 Å². The highest BCUT2D eigenvalue weighted by molar-refractivity contribution is 9.10. The molecule has 0 radical (unpaired) electrons. The minimum atomic E-state index is -3.44. The maximum absolute atomic E-state index is 11.6. The van der Waals surface area contributed by atoms with E-state index in [9.17, 15) is 8.42 Å². The zero-order chi connectivity index (χ0) is 21.7. The third-order valence-electron chi connectivity index (χ3n) is 3.87. The molecule has 11 heteroatoms. The lowest BCUT2D eigenvalue weighted by atomic mass is 10.2. The number of anilines is 5. The lowest BCUT2D eigenvalue weighted by molar-refractivity contribution is 0.356. The second kappa shape index (κ2) is 9.18. The van der Waals surface area contributed by atoms with Crippen molar-refractivity contribution in [2.24, 2.45) is 0 Å². The van der Waals surface area contributed by atoms with Gasteiger partial charge in [-0.3, -0.25) is 4.72 Å². The summed E-state index contributed by atoms with van der Waals surface area (Å²) in [7, 11) is -0.335. The predicted octanol–water partition coefficient (Wildman–Crippen LogP) is 4.12. The van der Waals surface area contributed by atoms with Crippen molar-refractivity contribution in [3.63, 3.8) is 0 Å². The highest BCUT2D eigenvalue weighted by atomic mass is 79.9. The third-order valence-corrected chi connectivity index (χ3v) is 5.04. The first kappa shape index (κ1) is 21.7. The Hall–Kier alpha value is -3.05.